The van der Waals surface area contributed by atoms with Gasteiger partial charge in [0.2, 0.25) is 5.91 Å². The Balaban J connectivity index is 3.76. The molecule has 0 bridgehead atoms. The maximum Gasteiger partial charge on any atom is 0.472 e. The molecule has 0 aliphatic rings. The van der Waals surface area contributed by atoms with E-state index in [-0.39, 0.29) is 12.8 Å². The van der Waals surface area contributed by atoms with E-state index in [2.05, 4.69) is 43.5 Å². The molecule has 0 radical (unpaired) electrons. The molecule has 0 aliphatic carbocycles. The molecule has 65 heavy (non-hydrogen) atoms. The molecule has 3 atom stereocenters. The second-order valence-electron chi connectivity index (χ2n) is 18.4. The van der Waals surface area contributed by atoms with Crippen LogP contribution in [-0.2, 0) is 32.7 Å². The smallest absolute Gasteiger partial charge is 0.472 e. The number of allylic oxidation sites excluding steroid dienone is 4. The highest BCUT2D eigenvalue weighted by atomic mass is 31.2. The average molecular weight is 942 g/mol. The van der Waals surface area contributed by atoms with Crippen molar-refractivity contribution in [3.05, 3.63) is 24.3 Å². The summed E-state index contributed by atoms with van der Waals surface area (Å²) in [5.74, 6) is -2.37. The van der Waals surface area contributed by atoms with Crippen molar-refractivity contribution < 1.29 is 47.8 Å². The predicted molar refractivity (Wildman–Crippen MR) is 268 cm³/mol. The lowest BCUT2D eigenvalue weighted by Gasteiger charge is -2.18. The number of phosphoric acid groups is 1. The molecule has 3 unspecified atom stereocenters. The Labute approximate surface area is 398 Å². The number of hydrogen-bond donors (Lipinski definition) is 4. The van der Waals surface area contributed by atoms with Crippen molar-refractivity contribution in [2.24, 2.45) is 0 Å². The van der Waals surface area contributed by atoms with E-state index < -0.39 is 57.6 Å². The minimum Gasteiger partial charge on any atom is -0.480 e. The fourth-order valence-corrected chi connectivity index (χ4v) is 8.59. The van der Waals surface area contributed by atoms with Gasteiger partial charge in [0, 0.05) is 12.8 Å². The van der Waals surface area contributed by atoms with Crippen molar-refractivity contribution in [3.8, 4) is 0 Å². The minimum atomic E-state index is -4.76. The van der Waals surface area contributed by atoms with Crippen LogP contribution in [0.3, 0.4) is 0 Å². The Morgan fingerprint density at radius 1 is 0.492 bits per heavy atom. The normalized spacial score (nSPS) is 13.7. The van der Waals surface area contributed by atoms with Crippen molar-refractivity contribution in [1.82, 2.24) is 5.32 Å². The Hall–Kier alpha value is -2.04. The first-order chi connectivity index (χ1) is 31.6. The Bertz CT molecular complexity index is 1200. The van der Waals surface area contributed by atoms with E-state index in [0.717, 1.165) is 57.8 Å². The molecule has 12 heteroatoms. The van der Waals surface area contributed by atoms with Gasteiger partial charge in [0.15, 0.2) is 6.04 Å². The van der Waals surface area contributed by atoms with Gasteiger partial charge in [-0.15, -0.1) is 0 Å². The second-order valence-corrected chi connectivity index (χ2v) is 19.9. The number of hydrogen-bond acceptors (Lipinski definition) is 8. The topological polar surface area (TPSA) is 169 Å². The third-order valence-corrected chi connectivity index (χ3v) is 12.9. The summed E-state index contributed by atoms with van der Waals surface area (Å²) in [7, 11) is -4.76. The van der Waals surface area contributed by atoms with Crippen molar-refractivity contribution in [3.63, 3.8) is 0 Å². The van der Waals surface area contributed by atoms with E-state index in [1.165, 1.54) is 167 Å². The molecule has 0 saturated heterocycles. The molecule has 382 valence electrons. The molecular weight excluding hydrogens is 842 g/mol. The van der Waals surface area contributed by atoms with Crippen LogP contribution in [0.4, 0.5) is 0 Å². The molecule has 0 fully saturated rings. The van der Waals surface area contributed by atoms with Crippen LogP contribution in [0.15, 0.2) is 24.3 Å². The van der Waals surface area contributed by atoms with Gasteiger partial charge in [0.25, 0.3) is 0 Å². The van der Waals surface area contributed by atoms with Crippen LogP contribution in [-0.4, -0.2) is 64.9 Å². The first-order valence-corrected chi connectivity index (χ1v) is 28.4. The van der Waals surface area contributed by atoms with Crippen LogP contribution >= 0.6 is 7.82 Å². The number of amides is 1. The van der Waals surface area contributed by atoms with E-state index in [1.807, 2.05) is 0 Å². The van der Waals surface area contributed by atoms with Crippen molar-refractivity contribution >= 4 is 25.7 Å². The summed E-state index contributed by atoms with van der Waals surface area (Å²) in [5, 5.41) is 21.9. The molecule has 0 saturated carbocycles. The fraction of sp³-hybridized carbons (Fsp3) is 0.868. The lowest BCUT2D eigenvalue weighted by molar-refractivity contribution is -0.147. The van der Waals surface area contributed by atoms with Gasteiger partial charge < -0.3 is 25.2 Å². The monoisotopic (exact) mass is 942 g/mol. The average Bonchev–Trinajstić information content (AvgIpc) is 3.28. The standard InChI is InChI=1S/C53H100NO10P/c1-3-5-7-9-11-13-15-17-19-21-22-23-24-25-26-27-29-31-33-35-37-39-41-43-45-52(57)62-46-49(55)47-63-65(60,61)64-48-50(53(58)59)54-51(56)44-42-40-38-36-34-32-30-28-20-18-16-14-12-10-8-6-4-2/h12,14,18,20,49-50,55H,3-11,13,15-17,19,21-48H2,1-2H3,(H,54,56)(H,58,59)(H,60,61)/b14-12-,20-18-. The number of aliphatic hydroxyl groups is 1. The number of carboxylic acids is 1. The highest BCUT2D eigenvalue weighted by molar-refractivity contribution is 7.47. The number of phosphoric ester groups is 1. The molecular formula is C53H100NO10P. The van der Waals surface area contributed by atoms with Crippen LogP contribution in [0.2, 0.25) is 0 Å². The summed E-state index contributed by atoms with van der Waals surface area (Å²) in [5.41, 5.74) is 0. The summed E-state index contributed by atoms with van der Waals surface area (Å²) in [6.07, 6.45) is 53.5. The van der Waals surface area contributed by atoms with E-state index in [9.17, 15) is 34.1 Å². The molecule has 0 heterocycles. The van der Waals surface area contributed by atoms with Gasteiger partial charge in [-0.2, -0.15) is 0 Å². The lowest BCUT2D eigenvalue weighted by atomic mass is 10.0. The van der Waals surface area contributed by atoms with E-state index >= 15 is 0 Å². The zero-order valence-electron chi connectivity index (χ0n) is 41.8. The van der Waals surface area contributed by atoms with Crippen LogP contribution in [0.5, 0.6) is 0 Å². The number of esters is 1. The molecule has 0 aromatic carbocycles. The van der Waals surface area contributed by atoms with Gasteiger partial charge >= 0.3 is 19.8 Å². The largest absolute Gasteiger partial charge is 0.480 e. The summed E-state index contributed by atoms with van der Waals surface area (Å²) >= 11 is 0. The molecule has 0 aromatic heterocycles. The maximum atomic E-state index is 12.3. The van der Waals surface area contributed by atoms with Crippen LogP contribution in [0.1, 0.15) is 264 Å². The zero-order valence-corrected chi connectivity index (χ0v) is 42.7. The summed E-state index contributed by atoms with van der Waals surface area (Å²) in [4.78, 5) is 46.1. The number of aliphatic hydroxyl groups excluding tert-OH is 1. The van der Waals surface area contributed by atoms with E-state index in [0.29, 0.717) is 12.8 Å². The Morgan fingerprint density at radius 2 is 0.846 bits per heavy atom. The van der Waals surface area contributed by atoms with Crippen molar-refractivity contribution in [2.75, 3.05) is 19.8 Å². The molecule has 0 aromatic rings. The SMILES string of the molecule is CCCCC/C=C\C/C=C\CCCCCCCCCC(=O)NC(COP(=O)(O)OCC(O)COC(=O)CCCCCCCCCCCCCCCCCCCCCCCCCC)C(=O)O. The van der Waals surface area contributed by atoms with Gasteiger partial charge in [0.1, 0.15) is 12.7 Å². The Kier molecular flexibility index (Phi) is 46.9. The van der Waals surface area contributed by atoms with Crippen LogP contribution in [0, 0.1) is 0 Å². The number of aliphatic carboxylic acids is 1. The fourth-order valence-electron chi connectivity index (χ4n) is 7.82. The highest BCUT2D eigenvalue weighted by Gasteiger charge is 2.28. The molecule has 0 spiro atoms. The summed E-state index contributed by atoms with van der Waals surface area (Å²) < 4.78 is 27.0. The van der Waals surface area contributed by atoms with Gasteiger partial charge in [-0.05, 0) is 44.9 Å². The van der Waals surface area contributed by atoms with E-state index in [4.69, 9.17) is 13.8 Å². The lowest BCUT2D eigenvalue weighted by Crippen LogP contribution is -2.43. The molecule has 11 nitrogen and oxygen atoms in total. The number of carbonyl (C=O) groups excluding carboxylic acids is 2. The van der Waals surface area contributed by atoms with Gasteiger partial charge in [-0.1, -0.05) is 231 Å². The molecule has 0 aliphatic heterocycles. The quantitative estimate of drug-likeness (QED) is 0.0199. The number of ether oxygens (including phenoxy) is 1. The molecule has 0 rings (SSSR count). The van der Waals surface area contributed by atoms with Crippen LogP contribution in [0.25, 0.3) is 0 Å². The van der Waals surface area contributed by atoms with Crippen molar-refractivity contribution in [2.45, 2.75) is 276 Å². The number of rotatable bonds is 51. The zero-order chi connectivity index (χ0) is 47.7. The third kappa shape index (κ3) is 48.2. The molecule has 1 amide bonds. The number of unbranched alkanes of at least 4 members (excludes halogenated alkanes) is 33. The summed E-state index contributed by atoms with van der Waals surface area (Å²) in [6, 6.07) is -1.55. The van der Waals surface area contributed by atoms with Gasteiger partial charge in [-0.3, -0.25) is 18.6 Å². The Morgan fingerprint density at radius 3 is 1.28 bits per heavy atom. The van der Waals surface area contributed by atoms with Crippen molar-refractivity contribution in [1.29, 1.82) is 0 Å². The summed E-state index contributed by atoms with van der Waals surface area (Å²) in [6.45, 7) is 2.61. The minimum absolute atomic E-state index is 0.138. The second kappa shape index (κ2) is 48.4. The van der Waals surface area contributed by atoms with Gasteiger partial charge in [-0.25, -0.2) is 9.36 Å². The van der Waals surface area contributed by atoms with E-state index in [1.54, 1.807) is 0 Å². The maximum absolute atomic E-state index is 12.3. The number of carboxylic acid groups (broad SMARTS) is 1. The number of nitrogens with one attached hydrogen (secondary N) is 1. The highest BCUT2D eigenvalue weighted by Crippen LogP contribution is 2.43. The molecule has 4 N–H and O–H groups in total. The first kappa shape index (κ1) is 63.0. The van der Waals surface area contributed by atoms with Crippen LogP contribution < -0.4 is 5.32 Å². The number of carbonyl (C=O) groups is 3. The third-order valence-electron chi connectivity index (χ3n) is 12.0. The predicted octanol–water partition coefficient (Wildman–Crippen LogP) is 15.0. The first-order valence-electron chi connectivity index (χ1n) is 26.9. The van der Waals surface area contributed by atoms with Gasteiger partial charge in [0.05, 0.1) is 13.2 Å².